The molecule has 0 unspecified atom stereocenters. The Balaban J connectivity index is 2.32. The number of hydrogen-bond donors (Lipinski definition) is 2. The lowest BCUT2D eigenvalue weighted by Crippen LogP contribution is -2.53. The highest BCUT2D eigenvalue weighted by Crippen LogP contribution is 2.24. The highest BCUT2D eigenvalue weighted by atomic mass is 32.1. The summed E-state index contributed by atoms with van der Waals surface area (Å²) >= 11 is 4.84. The second kappa shape index (κ2) is 3.71. The van der Waals surface area contributed by atoms with Crippen molar-refractivity contribution in [3.05, 3.63) is 24.2 Å². The molecule has 0 aliphatic carbocycles. The molecule has 1 aromatic rings. The first-order valence-corrected chi connectivity index (χ1v) is 4.67. The van der Waals surface area contributed by atoms with Gasteiger partial charge in [0, 0.05) is 0 Å². The second-order valence-electron chi connectivity index (χ2n) is 3.06. The van der Waals surface area contributed by atoms with Crippen LogP contribution in [0, 0.1) is 17.2 Å². The summed E-state index contributed by atoms with van der Waals surface area (Å²) in [6.45, 7) is 0. The molecule has 0 radical (unpaired) electrons. The number of rotatable bonds is 1. The van der Waals surface area contributed by atoms with Crippen LogP contribution in [0.5, 0.6) is 0 Å². The molecule has 0 aromatic carbocycles. The van der Waals surface area contributed by atoms with Gasteiger partial charge >= 0.3 is 0 Å². The van der Waals surface area contributed by atoms with Crippen LogP contribution in [0.2, 0.25) is 0 Å². The molecule has 2 rings (SSSR count). The molecule has 5 nitrogen and oxygen atoms in total. The highest BCUT2D eigenvalue weighted by Gasteiger charge is 2.36. The summed E-state index contributed by atoms with van der Waals surface area (Å²) in [6, 6.07) is 4.80. The van der Waals surface area contributed by atoms with E-state index in [0.29, 0.717) is 5.76 Å². The van der Waals surface area contributed by atoms with Crippen molar-refractivity contribution in [2.75, 3.05) is 0 Å². The molecular weight excluding hydrogens is 214 g/mol. The molecule has 15 heavy (non-hydrogen) atoms. The fourth-order valence-electron chi connectivity index (χ4n) is 1.44. The molecule has 2 atom stereocenters. The predicted octanol–water partition coefficient (Wildman–Crippen LogP) is 0.465. The summed E-state index contributed by atoms with van der Waals surface area (Å²) < 4.78 is 5.15. The molecule has 2 heterocycles. The van der Waals surface area contributed by atoms with Gasteiger partial charge < -0.3 is 15.1 Å². The minimum Gasteiger partial charge on any atom is -0.467 e. The van der Waals surface area contributed by atoms with Crippen LogP contribution < -0.4 is 10.6 Å². The van der Waals surface area contributed by atoms with Crippen molar-refractivity contribution < 1.29 is 9.21 Å². The monoisotopic (exact) mass is 221 g/mol. The van der Waals surface area contributed by atoms with Gasteiger partial charge in [-0.3, -0.25) is 4.79 Å². The van der Waals surface area contributed by atoms with Gasteiger partial charge in [-0.15, -0.1) is 0 Å². The summed E-state index contributed by atoms with van der Waals surface area (Å²) in [5.41, 5.74) is 0. The first-order valence-electron chi connectivity index (χ1n) is 4.27. The molecule has 1 saturated heterocycles. The zero-order valence-electron chi connectivity index (χ0n) is 7.56. The molecule has 2 N–H and O–H groups in total. The average molecular weight is 221 g/mol. The van der Waals surface area contributed by atoms with Crippen molar-refractivity contribution in [3.63, 3.8) is 0 Å². The lowest BCUT2D eigenvalue weighted by Gasteiger charge is -2.27. The molecule has 1 fully saturated rings. The average Bonchev–Trinajstić information content (AvgIpc) is 2.69. The Morgan fingerprint density at radius 3 is 3.00 bits per heavy atom. The van der Waals surface area contributed by atoms with E-state index in [1.54, 1.807) is 12.1 Å². The maximum atomic E-state index is 11.4. The molecule has 0 spiro atoms. The number of hydrogen-bond acceptors (Lipinski definition) is 4. The SMILES string of the molecule is N#C[C@@H]1C(=O)NC(=S)N[C@@H]1c1ccco1. The van der Waals surface area contributed by atoms with Gasteiger partial charge in [-0.1, -0.05) is 0 Å². The van der Waals surface area contributed by atoms with Crippen molar-refractivity contribution >= 4 is 23.2 Å². The van der Waals surface area contributed by atoms with Gasteiger partial charge in [0.25, 0.3) is 0 Å². The molecular formula is C9H7N3O2S. The van der Waals surface area contributed by atoms with Crippen molar-refractivity contribution in [2.45, 2.75) is 6.04 Å². The number of carbonyl (C=O) groups is 1. The lowest BCUT2D eigenvalue weighted by molar-refractivity contribution is -0.123. The third kappa shape index (κ3) is 1.69. The van der Waals surface area contributed by atoms with Gasteiger partial charge in [-0.25, -0.2) is 0 Å². The molecule has 0 saturated carbocycles. The van der Waals surface area contributed by atoms with E-state index < -0.39 is 17.9 Å². The van der Waals surface area contributed by atoms with Crippen molar-refractivity contribution in [3.8, 4) is 6.07 Å². The summed E-state index contributed by atoms with van der Waals surface area (Å²) in [7, 11) is 0. The quantitative estimate of drug-likeness (QED) is 0.674. The van der Waals surface area contributed by atoms with Gasteiger partial charge in [0.15, 0.2) is 11.0 Å². The Labute approximate surface area is 91.1 Å². The Kier molecular flexibility index (Phi) is 2.39. The molecule has 1 aromatic heterocycles. The Hall–Kier alpha value is -1.87. The normalized spacial score (nSPS) is 25.3. The zero-order chi connectivity index (χ0) is 10.8. The van der Waals surface area contributed by atoms with Gasteiger partial charge in [-0.2, -0.15) is 5.26 Å². The molecule has 1 aliphatic rings. The van der Waals surface area contributed by atoms with Crippen molar-refractivity contribution in [1.29, 1.82) is 5.26 Å². The minimum absolute atomic E-state index is 0.216. The predicted molar refractivity (Wildman–Crippen MR) is 54.4 cm³/mol. The number of thiocarbonyl (C=S) groups is 1. The highest BCUT2D eigenvalue weighted by molar-refractivity contribution is 7.80. The van der Waals surface area contributed by atoms with Crippen LogP contribution in [-0.2, 0) is 4.79 Å². The van der Waals surface area contributed by atoms with Gasteiger partial charge in [0.2, 0.25) is 5.91 Å². The summed E-state index contributed by atoms with van der Waals surface area (Å²) in [5, 5.41) is 14.3. The minimum atomic E-state index is -0.831. The Bertz CT molecular complexity index is 435. The van der Waals surface area contributed by atoms with Crippen molar-refractivity contribution in [2.24, 2.45) is 5.92 Å². The van der Waals surface area contributed by atoms with Crippen LogP contribution in [0.3, 0.4) is 0 Å². The Morgan fingerprint density at radius 1 is 1.60 bits per heavy atom. The molecule has 1 amide bonds. The van der Waals surface area contributed by atoms with E-state index in [0.717, 1.165) is 0 Å². The van der Waals surface area contributed by atoms with Gasteiger partial charge in [0.1, 0.15) is 11.8 Å². The topological polar surface area (TPSA) is 78.1 Å². The standard InChI is InChI=1S/C9H7N3O2S/c10-4-5-7(6-2-1-3-14-6)11-9(15)12-8(5)13/h1-3,5,7H,(H2,11,12,13,15)/t5-,7-/m0/s1. The zero-order valence-corrected chi connectivity index (χ0v) is 8.38. The number of nitriles is 1. The summed E-state index contributed by atoms with van der Waals surface area (Å²) in [6.07, 6.45) is 1.49. The fourth-order valence-corrected chi connectivity index (χ4v) is 1.67. The summed E-state index contributed by atoms with van der Waals surface area (Å²) in [5.74, 6) is -0.704. The van der Waals surface area contributed by atoms with Gasteiger partial charge in [-0.05, 0) is 24.4 Å². The van der Waals surface area contributed by atoms with Crippen molar-refractivity contribution in [1.82, 2.24) is 10.6 Å². The first-order chi connectivity index (χ1) is 7.22. The molecule has 0 bridgehead atoms. The summed E-state index contributed by atoms with van der Waals surface area (Å²) in [4.78, 5) is 11.4. The van der Waals surface area contributed by atoms with E-state index in [4.69, 9.17) is 21.9 Å². The van der Waals surface area contributed by atoms with E-state index in [1.165, 1.54) is 6.26 Å². The smallest absolute Gasteiger partial charge is 0.246 e. The third-order valence-electron chi connectivity index (χ3n) is 2.13. The largest absolute Gasteiger partial charge is 0.467 e. The maximum absolute atomic E-state index is 11.4. The second-order valence-corrected chi connectivity index (χ2v) is 3.47. The van der Waals surface area contributed by atoms with E-state index >= 15 is 0 Å². The van der Waals surface area contributed by atoms with Gasteiger partial charge in [0.05, 0.1) is 12.3 Å². The van der Waals surface area contributed by atoms with Crippen LogP contribution in [0.4, 0.5) is 0 Å². The number of carbonyl (C=O) groups excluding carboxylic acids is 1. The third-order valence-corrected chi connectivity index (χ3v) is 2.35. The fraction of sp³-hybridized carbons (Fsp3) is 0.222. The first kappa shape index (κ1) is 9.68. The molecule has 6 heteroatoms. The van der Waals surface area contributed by atoms with E-state index in [-0.39, 0.29) is 5.11 Å². The molecule has 1 aliphatic heterocycles. The Morgan fingerprint density at radius 2 is 2.40 bits per heavy atom. The van der Waals surface area contributed by atoms with Crippen LogP contribution >= 0.6 is 12.2 Å². The van der Waals surface area contributed by atoms with E-state index in [1.807, 2.05) is 6.07 Å². The van der Waals surface area contributed by atoms with Crippen LogP contribution in [0.25, 0.3) is 0 Å². The number of nitrogens with zero attached hydrogens (tertiary/aromatic N) is 1. The number of furan rings is 1. The van der Waals surface area contributed by atoms with Crippen LogP contribution in [0.15, 0.2) is 22.8 Å². The van der Waals surface area contributed by atoms with Crippen LogP contribution in [-0.4, -0.2) is 11.0 Å². The number of amides is 1. The lowest BCUT2D eigenvalue weighted by atomic mass is 9.97. The maximum Gasteiger partial charge on any atom is 0.246 e. The number of nitrogens with one attached hydrogen (secondary N) is 2. The molecule has 76 valence electrons. The van der Waals surface area contributed by atoms with E-state index in [2.05, 4.69) is 10.6 Å². The van der Waals surface area contributed by atoms with E-state index in [9.17, 15) is 4.79 Å². The van der Waals surface area contributed by atoms with Crippen LogP contribution in [0.1, 0.15) is 11.8 Å².